The topological polar surface area (TPSA) is 80.8 Å². The molecule has 0 fully saturated rings. The van der Waals surface area contributed by atoms with Gasteiger partial charge in [-0.3, -0.25) is 0 Å². The first kappa shape index (κ1) is 13.0. The van der Waals surface area contributed by atoms with Crippen LogP contribution in [-0.4, -0.2) is 34.3 Å². The first-order valence-electron chi connectivity index (χ1n) is 5.39. The van der Waals surface area contributed by atoms with Crippen molar-refractivity contribution in [2.45, 2.75) is 22.7 Å². The molecule has 6 nitrogen and oxygen atoms in total. The van der Waals surface area contributed by atoms with Gasteiger partial charge in [0.05, 0.1) is 0 Å². The van der Waals surface area contributed by atoms with Crippen molar-refractivity contribution in [1.29, 1.82) is 0 Å². The van der Waals surface area contributed by atoms with E-state index in [1.807, 2.05) is 25.9 Å². The lowest BCUT2D eigenvalue weighted by atomic mass is 10.2. The van der Waals surface area contributed by atoms with Crippen molar-refractivity contribution >= 4 is 34.0 Å². The Morgan fingerprint density at radius 1 is 1.33 bits per heavy atom. The molecule has 96 valence electrons. The van der Waals surface area contributed by atoms with Crippen molar-refractivity contribution in [3.8, 4) is 0 Å². The lowest BCUT2D eigenvalue weighted by Gasteiger charge is -2.06. The fourth-order valence-electron chi connectivity index (χ4n) is 1.34. The molecule has 0 spiro atoms. The summed E-state index contributed by atoms with van der Waals surface area (Å²) in [5, 5.41) is 9.94. The number of hydrogen-bond acceptors (Lipinski definition) is 8. The van der Waals surface area contributed by atoms with Crippen LogP contribution in [0.5, 0.6) is 0 Å². The zero-order valence-corrected chi connectivity index (χ0v) is 12.0. The SMILES string of the molecule is CCc1c(N)ncnc1Sc1nnc(N(C)C)s1. The Morgan fingerprint density at radius 3 is 2.72 bits per heavy atom. The van der Waals surface area contributed by atoms with E-state index >= 15 is 0 Å². The first-order valence-corrected chi connectivity index (χ1v) is 7.03. The molecule has 0 saturated carbocycles. The average molecular weight is 282 g/mol. The van der Waals surface area contributed by atoms with Crippen LogP contribution in [0.25, 0.3) is 0 Å². The van der Waals surface area contributed by atoms with Gasteiger partial charge in [-0.2, -0.15) is 0 Å². The van der Waals surface area contributed by atoms with Gasteiger partial charge in [0.1, 0.15) is 17.2 Å². The Labute approximate surface area is 114 Å². The Bertz CT molecular complexity index is 539. The van der Waals surface area contributed by atoms with Gasteiger partial charge in [-0.1, -0.05) is 18.3 Å². The maximum Gasteiger partial charge on any atom is 0.208 e. The van der Waals surface area contributed by atoms with Crippen LogP contribution in [0.15, 0.2) is 15.7 Å². The molecule has 2 rings (SSSR count). The molecule has 0 unspecified atom stereocenters. The van der Waals surface area contributed by atoms with Gasteiger partial charge < -0.3 is 10.6 Å². The van der Waals surface area contributed by atoms with E-state index in [4.69, 9.17) is 5.73 Å². The van der Waals surface area contributed by atoms with Crippen molar-refractivity contribution in [3.05, 3.63) is 11.9 Å². The quantitative estimate of drug-likeness (QED) is 0.854. The van der Waals surface area contributed by atoms with Crippen LogP contribution in [0, 0.1) is 0 Å². The maximum absolute atomic E-state index is 5.83. The highest BCUT2D eigenvalue weighted by Crippen LogP contribution is 2.34. The van der Waals surface area contributed by atoms with Crippen LogP contribution < -0.4 is 10.6 Å². The first-order chi connectivity index (χ1) is 8.61. The monoisotopic (exact) mass is 282 g/mol. The molecule has 0 aliphatic carbocycles. The fourth-order valence-corrected chi connectivity index (χ4v) is 3.18. The number of anilines is 2. The minimum absolute atomic E-state index is 0.535. The Hall–Kier alpha value is -1.41. The molecule has 8 heteroatoms. The molecule has 0 aliphatic heterocycles. The number of aromatic nitrogens is 4. The van der Waals surface area contributed by atoms with E-state index < -0.39 is 0 Å². The predicted octanol–water partition coefficient (Wildman–Crippen LogP) is 1.69. The highest BCUT2D eigenvalue weighted by atomic mass is 32.2. The zero-order chi connectivity index (χ0) is 13.1. The summed E-state index contributed by atoms with van der Waals surface area (Å²) in [6, 6.07) is 0. The maximum atomic E-state index is 5.83. The van der Waals surface area contributed by atoms with Gasteiger partial charge in [-0.15, -0.1) is 10.2 Å². The smallest absolute Gasteiger partial charge is 0.208 e. The molecule has 2 heterocycles. The number of nitrogens with zero attached hydrogens (tertiary/aromatic N) is 5. The van der Waals surface area contributed by atoms with Gasteiger partial charge in [0, 0.05) is 19.7 Å². The summed E-state index contributed by atoms with van der Waals surface area (Å²) in [7, 11) is 3.88. The Balaban J connectivity index is 2.25. The third kappa shape index (κ3) is 2.70. The van der Waals surface area contributed by atoms with Crippen LogP contribution >= 0.6 is 23.1 Å². The van der Waals surface area contributed by atoms with E-state index in [1.165, 1.54) is 29.4 Å². The number of nitrogen functional groups attached to an aromatic ring is 1. The lowest BCUT2D eigenvalue weighted by molar-refractivity contribution is 0.942. The summed E-state index contributed by atoms with van der Waals surface area (Å²) in [6.07, 6.45) is 2.28. The van der Waals surface area contributed by atoms with E-state index in [0.717, 1.165) is 26.5 Å². The molecule has 0 aromatic carbocycles. The van der Waals surface area contributed by atoms with Crippen LogP contribution in [0.1, 0.15) is 12.5 Å². The van der Waals surface area contributed by atoms with Crippen molar-refractivity contribution in [2.24, 2.45) is 0 Å². The normalized spacial score (nSPS) is 10.6. The molecular weight excluding hydrogens is 268 g/mol. The summed E-state index contributed by atoms with van der Waals surface area (Å²) in [4.78, 5) is 10.2. The Kier molecular flexibility index (Phi) is 3.97. The van der Waals surface area contributed by atoms with Crippen molar-refractivity contribution in [3.63, 3.8) is 0 Å². The fraction of sp³-hybridized carbons (Fsp3) is 0.400. The van der Waals surface area contributed by atoms with E-state index in [9.17, 15) is 0 Å². The van der Waals surface area contributed by atoms with E-state index in [1.54, 1.807) is 0 Å². The molecular formula is C10H14N6S2. The van der Waals surface area contributed by atoms with E-state index in [-0.39, 0.29) is 0 Å². The number of hydrogen-bond donors (Lipinski definition) is 1. The summed E-state index contributed by atoms with van der Waals surface area (Å²) in [6.45, 7) is 2.03. The molecule has 2 aromatic rings. The molecule has 0 amide bonds. The van der Waals surface area contributed by atoms with Gasteiger partial charge in [0.2, 0.25) is 5.13 Å². The second-order valence-electron chi connectivity index (χ2n) is 3.74. The van der Waals surface area contributed by atoms with Crippen molar-refractivity contribution in [1.82, 2.24) is 20.2 Å². The molecule has 2 N–H and O–H groups in total. The summed E-state index contributed by atoms with van der Waals surface area (Å²) >= 11 is 3.00. The van der Waals surface area contributed by atoms with Gasteiger partial charge in [0.15, 0.2) is 4.34 Å². The van der Waals surface area contributed by atoms with E-state index in [0.29, 0.717) is 5.82 Å². The molecule has 0 radical (unpaired) electrons. The van der Waals surface area contributed by atoms with Gasteiger partial charge in [-0.25, -0.2) is 9.97 Å². The van der Waals surface area contributed by atoms with Crippen LogP contribution in [-0.2, 0) is 6.42 Å². The third-order valence-electron chi connectivity index (χ3n) is 2.26. The highest BCUT2D eigenvalue weighted by Gasteiger charge is 2.12. The van der Waals surface area contributed by atoms with E-state index in [2.05, 4.69) is 20.2 Å². The minimum atomic E-state index is 0.535. The largest absolute Gasteiger partial charge is 0.383 e. The second kappa shape index (κ2) is 5.49. The number of rotatable bonds is 4. The summed E-state index contributed by atoms with van der Waals surface area (Å²) in [5.41, 5.74) is 6.80. The summed E-state index contributed by atoms with van der Waals surface area (Å²) < 4.78 is 0.853. The highest BCUT2D eigenvalue weighted by molar-refractivity contribution is 8.01. The zero-order valence-electron chi connectivity index (χ0n) is 10.4. The van der Waals surface area contributed by atoms with Crippen LogP contribution in [0.4, 0.5) is 10.9 Å². The Morgan fingerprint density at radius 2 is 2.11 bits per heavy atom. The molecule has 18 heavy (non-hydrogen) atoms. The summed E-state index contributed by atoms with van der Waals surface area (Å²) in [5.74, 6) is 0.535. The predicted molar refractivity (Wildman–Crippen MR) is 74.2 cm³/mol. The molecule has 0 aliphatic rings. The van der Waals surface area contributed by atoms with Crippen molar-refractivity contribution in [2.75, 3.05) is 24.7 Å². The van der Waals surface area contributed by atoms with Gasteiger partial charge in [-0.05, 0) is 18.2 Å². The third-order valence-corrected chi connectivity index (χ3v) is 4.44. The van der Waals surface area contributed by atoms with Crippen LogP contribution in [0.2, 0.25) is 0 Å². The standard InChI is InChI=1S/C10H14N6S2/c1-4-6-7(11)12-5-13-8(6)17-10-15-14-9(18-10)16(2)3/h5H,4H2,1-3H3,(H2,11,12,13). The molecule has 0 bridgehead atoms. The van der Waals surface area contributed by atoms with Gasteiger partial charge in [0.25, 0.3) is 0 Å². The number of nitrogens with two attached hydrogens (primary N) is 1. The van der Waals surface area contributed by atoms with Gasteiger partial charge >= 0.3 is 0 Å². The van der Waals surface area contributed by atoms with Crippen molar-refractivity contribution < 1.29 is 0 Å². The molecule has 2 aromatic heterocycles. The lowest BCUT2D eigenvalue weighted by Crippen LogP contribution is -2.07. The second-order valence-corrected chi connectivity index (χ2v) is 5.94. The minimum Gasteiger partial charge on any atom is -0.383 e. The molecule has 0 saturated heterocycles. The van der Waals surface area contributed by atoms with Crippen LogP contribution in [0.3, 0.4) is 0 Å². The molecule has 0 atom stereocenters. The average Bonchev–Trinajstić information content (AvgIpc) is 2.78.